The summed E-state index contributed by atoms with van der Waals surface area (Å²) in [6.45, 7) is 7.18. The second-order valence-electron chi connectivity index (χ2n) is 3.04. The van der Waals surface area contributed by atoms with E-state index in [-0.39, 0.29) is 6.23 Å². The molecule has 0 aliphatic heterocycles. The highest BCUT2D eigenvalue weighted by molar-refractivity contribution is 4.53. The van der Waals surface area contributed by atoms with E-state index in [1.165, 1.54) is 0 Å². The summed E-state index contributed by atoms with van der Waals surface area (Å²) in [5.41, 5.74) is 0. The Balaban J connectivity index is 3.12. The predicted molar refractivity (Wildman–Crippen MR) is 43.8 cm³/mol. The molecule has 0 aromatic rings. The van der Waals surface area contributed by atoms with Crippen LogP contribution in [0.4, 0.5) is 0 Å². The number of hydrogen-bond acceptors (Lipinski definition) is 2. The summed E-state index contributed by atoms with van der Waals surface area (Å²) < 4.78 is 0. The number of rotatable bonds is 5. The largest absolute Gasteiger partial charge is 0.379 e. The number of aliphatic hydroxyl groups is 1. The van der Waals surface area contributed by atoms with Crippen LogP contribution in [0.5, 0.6) is 0 Å². The molecule has 62 valence electrons. The fourth-order valence-corrected chi connectivity index (χ4v) is 0.829. The van der Waals surface area contributed by atoms with Gasteiger partial charge in [-0.05, 0) is 25.3 Å². The van der Waals surface area contributed by atoms with Gasteiger partial charge in [0.1, 0.15) is 6.23 Å². The number of nitrogens with one attached hydrogen (secondary N) is 1. The van der Waals surface area contributed by atoms with Crippen molar-refractivity contribution in [2.24, 2.45) is 5.92 Å². The summed E-state index contributed by atoms with van der Waals surface area (Å²) in [6, 6.07) is 0. The maximum Gasteiger partial charge on any atom is 0.104 e. The van der Waals surface area contributed by atoms with Crippen LogP contribution in [0.2, 0.25) is 0 Å². The summed E-state index contributed by atoms with van der Waals surface area (Å²) in [7, 11) is 0. The Morgan fingerprint density at radius 1 is 1.30 bits per heavy atom. The molecular formula is C8H19NO. The molecular weight excluding hydrogens is 126 g/mol. The summed E-state index contributed by atoms with van der Waals surface area (Å²) in [4.78, 5) is 0. The third kappa shape index (κ3) is 6.05. The maximum atomic E-state index is 9.19. The molecule has 0 fully saturated rings. The van der Waals surface area contributed by atoms with E-state index in [1.807, 2.05) is 6.92 Å². The third-order valence-corrected chi connectivity index (χ3v) is 1.46. The molecule has 0 saturated carbocycles. The lowest BCUT2D eigenvalue weighted by atomic mass is 10.1. The van der Waals surface area contributed by atoms with Gasteiger partial charge in [0.05, 0.1) is 0 Å². The fraction of sp³-hybridized carbons (Fsp3) is 1.00. The first-order valence-corrected chi connectivity index (χ1v) is 4.08. The quantitative estimate of drug-likeness (QED) is 0.572. The van der Waals surface area contributed by atoms with Crippen molar-refractivity contribution in [1.29, 1.82) is 0 Å². The van der Waals surface area contributed by atoms with Crippen molar-refractivity contribution in [2.45, 2.75) is 39.8 Å². The van der Waals surface area contributed by atoms with Crippen molar-refractivity contribution < 1.29 is 5.11 Å². The van der Waals surface area contributed by atoms with Crippen molar-refractivity contribution in [3.8, 4) is 0 Å². The van der Waals surface area contributed by atoms with Crippen LogP contribution in [0.1, 0.15) is 33.6 Å². The highest BCUT2D eigenvalue weighted by Crippen LogP contribution is 2.04. The maximum absolute atomic E-state index is 9.19. The lowest BCUT2D eigenvalue weighted by molar-refractivity contribution is 0.123. The molecule has 0 radical (unpaired) electrons. The fourth-order valence-electron chi connectivity index (χ4n) is 0.829. The van der Waals surface area contributed by atoms with Crippen LogP contribution in [0, 0.1) is 5.92 Å². The topological polar surface area (TPSA) is 32.3 Å². The van der Waals surface area contributed by atoms with Crippen molar-refractivity contribution in [2.75, 3.05) is 6.54 Å². The normalized spacial score (nSPS) is 14.1. The zero-order chi connectivity index (χ0) is 7.98. The summed E-state index contributed by atoms with van der Waals surface area (Å²) in [6.07, 6.45) is 1.66. The molecule has 0 aliphatic rings. The van der Waals surface area contributed by atoms with E-state index in [1.54, 1.807) is 0 Å². The van der Waals surface area contributed by atoms with E-state index in [2.05, 4.69) is 19.2 Å². The molecule has 0 aliphatic carbocycles. The highest BCUT2D eigenvalue weighted by Gasteiger charge is 2.01. The molecule has 2 N–H and O–H groups in total. The van der Waals surface area contributed by atoms with Gasteiger partial charge in [-0.15, -0.1) is 0 Å². The molecule has 1 unspecified atom stereocenters. The zero-order valence-electron chi connectivity index (χ0n) is 7.22. The van der Waals surface area contributed by atoms with Gasteiger partial charge in [0.2, 0.25) is 0 Å². The Labute approximate surface area is 63.6 Å². The van der Waals surface area contributed by atoms with Gasteiger partial charge in [-0.1, -0.05) is 20.8 Å². The first-order chi connectivity index (χ1) is 4.66. The molecule has 0 spiro atoms. The molecule has 0 heterocycles. The SMILES string of the molecule is CCNC(O)CCC(C)C. The van der Waals surface area contributed by atoms with Crippen LogP contribution in [-0.4, -0.2) is 17.9 Å². The number of aliphatic hydroxyl groups excluding tert-OH is 1. The van der Waals surface area contributed by atoms with Gasteiger partial charge in [-0.2, -0.15) is 0 Å². The van der Waals surface area contributed by atoms with Gasteiger partial charge in [-0.3, -0.25) is 5.32 Å². The predicted octanol–water partition coefficient (Wildman–Crippen LogP) is 1.35. The Morgan fingerprint density at radius 3 is 2.30 bits per heavy atom. The van der Waals surface area contributed by atoms with Crippen LogP contribution in [0.3, 0.4) is 0 Å². The van der Waals surface area contributed by atoms with Gasteiger partial charge >= 0.3 is 0 Å². The van der Waals surface area contributed by atoms with E-state index in [4.69, 9.17) is 0 Å². The van der Waals surface area contributed by atoms with Gasteiger partial charge in [0.25, 0.3) is 0 Å². The molecule has 0 rings (SSSR count). The van der Waals surface area contributed by atoms with Crippen molar-refractivity contribution >= 4 is 0 Å². The Hall–Kier alpha value is -0.0800. The first-order valence-electron chi connectivity index (χ1n) is 4.08. The van der Waals surface area contributed by atoms with Crippen molar-refractivity contribution in [3.05, 3.63) is 0 Å². The van der Waals surface area contributed by atoms with Crippen molar-refractivity contribution in [3.63, 3.8) is 0 Å². The molecule has 2 heteroatoms. The molecule has 0 amide bonds. The third-order valence-electron chi connectivity index (χ3n) is 1.46. The molecule has 10 heavy (non-hydrogen) atoms. The van der Waals surface area contributed by atoms with Crippen molar-refractivity contribution in [1.82, 2.24) is 5.32 Å². The highest BCUT2D eigenvalue weighted by atomic mass is 16.3. The number of hydrogen-bond donors (Lipinski definition) is 2. The Morgan fingerprint density at radius 2 is 1.90 bits per heavy atom. The first kappa shape index (κ1) is 9.92. The minimum absolute atomic E-state index is 0.299. The summed E-state index contributed by atoms with van der Waals surface area (Å²) in [5.74, 6) is 0.688. The van der Waals surface area contributed by atoms with Crippen LogP contribution in [-0.2, 0) is 0 Å². The smallest absolute Gasteiger partial charge is 0.104 e. The molecule has 0 bridgehead atoms. The molecule has 0 saturated heterocycles. The lowest BCUT2D eigenvalue weighted by Crippen LogP contribution is -2.28. The van der Waals surface area contributed by atoms with E-state index in [0.29, 0.717) is 5.92 Å². The Kier molecular flexibility index (Phi) is 5.64. The van der Waals surface area contributed by atoms with Crippen LogP contribution >= 0.6 is 0 Å². The second-order valence-corrected chi connectivity index (χ2v) is 3.04. The van der Waals surface area contributed by atoms with Gasteiger partial charge in [0, 0.05) is 0 Å². The van der Waals surface area contributed by atoms with E-state index in [0.717, 1.165) is 19.4 Å². The lowest BCUT2D eigenvalue weighted by Gasteiger charge is -2.11. The summed E-state index contributed by atoms with van der Waals surface area (Å²) >= 11 is 0. The van der Waals surface area contributed by atoms with Crippen LogP contribution in [0.25, 0.3) is 0 Å². The zero-order valence-corrected chi connectivity index (χ0v) is 7.22. The van der Waals surface area contributed by atoms with E-state index in [9.17, 15) is 5.11 Å². The minimum atomic E-state index is -0.299. The van der Waals surface area contributed by atoms with Crippen LogP contribution in [0.15, 0.2) is 0 Å². The minimum Gasteiger partial charge on any atom is -0.379 e. The van der Waals surface area contributed by atoms with Gasteiger partial charge in [-0.25, -0.2) is 0 Å². The molecule has 0 aromatic heterocycles. The molecule has 0 aromatic carbocycles. The van der Waals surface area contributed by atoms with Crippen LogP contribution < -0.4 is 5.32 Å². The van der Waals surface area contributed by atoms with Gasteiger partial charge in [0.15, 0.2) is 0 Å². The monoisotopic (exact) mass is 145 g/mol. The average Bonchev–Trinajstić information content (AvgIpc) is 1.85. The molecule has 1 atom stereocenters. The Bertz CT molecular complexity index is 73.7. The van der Waals surface area contributed by atoms with E-state index < -0.39 is 0 Å². The standard InChI is InChI=1S/C8H19NO/c1-4-9-8(10)6-5-7(2)3/h7-10H,4-6H2,1-3H3. The van der Waals surface area contributed by atoms with E-state index >= 15 is 0 Å². The molecule has 2 nitrogen and oxygen atoms in total. The second kappa shape index (κ2) is 5.69. The summed E-state index contributed by atoms with van der Waals surface area (Å²) in [5, 5.41) is 12.1. The average molecular weight is 145 g/mol. The van der Waals surface area contributed by atoms with Gasteiger partial charge < -0.3 is 5.11 Å².